The maximum atomic E-state index is 12.5. The van der Waals surface area contributed by atoms with E-state index < -0.39 is 0 Å². The third kappa shape index (κ3) is 2.70. The molecule has 1 amide bonds. The van der Waals surface area contributed by atoms with Crippen molar-refractivity contribution in [1.29, 1.82) is 0 Å². The Balaban J connectivity index is 2.14. The third-order valence-electron chi connectivity index (χ3n) is 3.40. The van der Waals surface area contributed by atoms with Crippen molar-refractivity contribution in [3.05, 3.63) is 10.6 Å². The summed E-state index contributed by atoms with van der Waals surface area (Å²) >= 11 is 1.22. The van der Waals surface area contributed by atoms with Crippen LogP contribution in [0.3, 0.4) is 0 Å². The number of nitrogens with zero attached hydrogens (tertiary/aromatic N) is 3. The number of aryl methyl sites for hydroxylation is 1. The first-order valence-electron chi connectivity index (χ1n) is 6.60. The van der Waals surface area contributed by atoms with Gasteiger partial charge in [0.25, 0.3) is 5.91 Å². The fourth-order valence-corrected chi connectivity index (χ4v) is 3.11. The molecule has 0 aliphatic carbocycles. The van der Waals surface area contributed by atoms with E-state index in [1.807, 2.05) is 18.7 Å². The number of nitrogens with one attached hydrogen (secondary N) is 1. The SMILES string of the molecule is CCc1nnsc1C(=O)N(CC)C1CCCNC1. The van der Waals surface area contributed by atoms with Crippen LogP contribution in [0, 0.1) is 0 Å². The Labute approximate surface area is 112 Å². The third-order valence-corrected chi connectivity index (χ3v) is 4.15. The molecule has 1 atom stereocenters. The lowest BCUT2D eigenvalue weighted by Gasteiger charge is -2.33. The fourth-order valence-electron chi connectivity index (χ4n) is 2.40. The standard InChI is InChI=1S/C12H20N4OS/c1-3-10-11(18-15-14-10)12(17)16(4-2)9-6-5-7-13-8-9/h9,13H,3-8H2,1-2H3. The number of rotatable bonds is 4. The molecule has 1 aromatic rings. The minimum atomic E-state index is 0.0954. The molecule has 1 aromatic heterocycles. The van der Waals surface area contributed by atoms with E-state index in [0.717, 1.165) is 44.6 Å². The smallest absolute Gasteiger partial charge is 0.267 e. The van der Waals surface area contributed by atoms with Gasteiger partial charge >= 0.3 is 0 Å². The average Bonchev–Trinajstić information content (AvgIpc) is 2.89. The van der Waals surface area contributed by atoms with Crippen LogP contribution in [0.5, 0.6) is 0 Å². The molecule has 1 saturated heterocycles. The number of aromatic nitrogens is 2. The number of carbonyl (C=O) groups excluding carboxylic acids is 1. The summed E-state index contributed by atoms with van der Waals surface area (Å²) in [7, 11) is 0. The predicted octanol–water partition coefficient (Wildman–Crippen LogP) is 1.31. The lowest BCUT2D eigenvalue weighted by Crippen LogP contribution is -2.48. The summed E-state index contributed by atoms with van der Waals surface area (Å²) in [6.45, 7) is 6.74. The van der Waals surface area contributed by atoms with Crippen molar-refractivity contribution in [2.45, 2.75) is 39.2 Å². The Kier molecular flexibility index (Phi) is 4.66. The Hall–Kier alpha value is -1.01. The van der Waals surface area contributed by atoms with Gasteiger partial charge in [-0.15, -0.1) is 5.10 Å². The van der Waals surface area contributed by atoms with Crippen LogP contribution in [0.15, 0.2) is 0 Å². The summed E-state index contributed by atoms with van der Waals surface area (Å²) in [4.78, 5) is 15.2. The molecule has 0 bridgehead atoms. The van der Waals surface area contributed by atoms with Gasteiger partial charge in [-0.1, -0.05) is 11.4 Å². The molecule has 0 radical (unpaired) electrons. The molecule has 2 heterocycles. The van der Waals surface area contributed by atoms with Crippen LogP contribution in [-0.4, -0.2) is 46.1 Å². The van der Waals surface area contributed by atoms with E-state index >= 15 is 0 Å². The molecule has 0 saturated carbocycles. The summed E-state index contributed by atoms with van der Waals surface area (Å²) in [5.74, 6) is 0.0954. The van der Waals surface area contributed by atoms with E-state index in [9.17, 15) is 4.79 Å². The van der Waals surface area contributed by atoms with Crippen molar-refractivity contribution in [2.75, 3.05) is 19.6 Å². The number of hydrogen-bond donors (Lipinski definition) is 1. The molecule has 2 rings (SSSR count). The molecule has 1 aliphatic heterocycles. The summed E-state index contributed by atoms with van der Waals surface area (Å²) in [6, 6.07) is 0.308. The zero-order valence-corrected chi connectivity index (χ0v) is 11.8. The highest BCUT2D eigenvalue weighted by atomic mass is 32.1. The van der Waals surface area contributed by atoms with Gasteiger partial charge in [-0.25, -0.2) is 0 Å². The van der Waals surface area contributed by atoms with Gasteiger partial charge in [0, 0.05) is 19.1 Å². The Morgan fingerprint density at radius 1 is 1.56 bits per heavy atom. The van der Waals surface area contributed by atoms with Gasteiger partial charge in [0.15, 0.2) is 0 Å². The van der Waals surface area contributed by atoms with Gasteiger partial charge in [-0.05, 0) is 44.3 Å². The quantitative estimate of drug-likeness (QED) is 0.894. The maximum Gasteiger partial charge on any atom is 0.267 e. The first-order chi connectivity index (χ1) is 8.77. The molecule has 1 unspecified atom stereocenters. The van der Waals surface area contributed by atoms with E-state index in [1.165, 1.54) is 11.5 Å². The van der Waals surface area contributed by atoms with Crippen LogP contribution >= 0.6 is 11.5 Å². The molecule has 0 spiro atoms. The van der Waals surface area contributed by atoms with Gasteiger partial charge in [0.1, 0.15) is 4.88 Å². The van der Waals surface area contributed by atoms with Crippen molar-refractivity contribution >= 4 is 17.4 Å². The highest BCUT2D eigenvalue weighted by Crippen LogP contribution is 2.18. The predicted molar refractivity (Wildman–Crippen MR) is 71.9 cm³/mol. The Morgan fingerprint density at radius 2 is 2.39 bits per heavy atom. The van der Waals surface area contributed by atoms with Crippen molar-refractivity contribution < 1.29 is 4.79 Å². The Morgan fingerprint density at radius 3 is 3.00 bits per heavy atom. The van der Waals surface area contributed by atoms with Gasteiger partial charge in [-0.3, -0.25) is 4.79 Å². The second-order valence-corrected chi connectivity index (χ2v) is 5.25. The first kappa shape index (κ1) is 13.4. The van der Waals surface area contributed by atoms with Crippen LogP contribution in [-0.2, 0) is 6.42 Å². The van der Waals surface area contributed by atoms with E-state index in [2.05, 4.69) is 14.9 Å². The maximum absolute atomic E-state index is 12.5. The largest absolute Gasteiger partial charge is 0.334 e. The second kappa shape index (κ2) is 6.24. The molecule has 1 fully saturated rings. The van der Waals surface area contributed by atoms with Crippen molar-refractivity contribution in [2.24, 2.45) is 0 Å². The van der Waals surface area contributed by atoms with E-state index in [-0.39, 0.29) is 5.91 Å². The monoisotopic (exact) mass is 268 g/mol. The highest BCUT2D eigenvalue weighted by molar-refractivity contribution is 7.08. The molecule has 18 heavy (non-hydrogen) atoms. The van der Waals surface area contributed by atoms with Gasteiger partial charge in [-0.2, -0.15) is 0 Å². The Bertz CT molecular complexity index is 401. The molecule has 0 aromatic carbocycles. The number of carbonyl (C=O) groups is 1. The zero-order chi connectivity index (χ0) is 13.0. The van der Waals surface area contributed by atoms with E-state index in [1.54, 1.807) is 0 Å². The lowest BCUT2D eigenvalue weighted by molar-refractivity contribution is 0.0666. The van der Waals surface area contributed by atoms with Crippen LogP contribution in [0.25, 0.3) is 0 Å². The van der Waals surface area contributed by atoms with Gasteiger partial charge in [0.05, 0.1) is 5.69 Å². The number of hydrogen-bond acceptors (Lipinski definition) is 5. The average molecular weight is 268 g/mol. The molecule has 100 valence electrons. The normalized spacial score (nSPS) is 19.8. The number of amides is 1. The van der Waals surface area contributed by atoms with E-state index in [4.69, 9.17) is 0 Å². The summed E-state index contributed by atoms with van der Waals surface area (Å²) in [6.07, 6.45) is 2.98. The van der Waals surface area contributed by atoms with Gasteiger partial charge < -0.3 is 10.2 Å². The molecule has 5 nitrogen and oxygen atoms in total. The molecular formula is C12H20N4OS. The summed E-state index contributed by atoms with van der Waals surface area (Å²) in [5, 5.41) is 7.38. The van der Waals surface area contributed by atoms with Crippen molar-refractivity contribution in [1.82, 2.24) is 19.8 Å². The molecule has 6 heteroatoms. The summed E-state index contributed by atoms with van der Waals surface area (Å²) < 4.78 is 3.90. The highest BCUT2D eigenvalue weighted by Gasteiger charge is 2.27. The van der Waals surface area contributed by atoms with Crippen molar-refractivity contribution in [3.8, 4) is 0 Å². The van der Waals surface area contributed by atoms with Crippen LogP contribution < -0.4 is 5.32 Å². The van der Waals surface area contributed by atoms with Crippen LogP contribution in [0.2, 0.25) is 0 Å². The lowest BCUT2D eigenvalue weighted by atomic mass is 10.1. The first-order valence-corrected chi connectivity index (χ1v) is 7.38. The van der Waals surface area contributed by atoms with Crippen LogP contribution in [0.4, 0.5) is 0 Å². The topological polar surface area (TPSA) is 58.1 Å². The molecular weight excluding hydrogens is 248 g/mol. The second-order valence-electron chi connectivity index (χ2n) is 4.49. The van der Waals surface area contributed by atoms with Gasteiger partial charge in [0.2, 0.25) is 0 Å². The molecule has 1 aliphatic rings. The summed E-state index contributed by atoms with van der Waals surface area (Å²) in [5.41, 5.74) is 0.826. The zero-order valence-electron chi connectivity index (χ0n) is 11.0. The fraction of sp³-hybridized carbons (Fsp3) is 0.750. The van der Waals surface area contributed by atoms with Crippen molar-refractivity contribution in [3.63, 3.8) is 0 Å². The van der Waals surface area contributed by atoms with E-state index in [0.29, 0.717) is 10.9 Å². The number of likely N-dealkylation sites (N-methyl/N-ethyl adjacent to an activating group) is 1. The van der Waals surface area contributed by atoms with Crippen LogP contribution in [0.1, 0.15) is 42.1 Å². The minimum absolute atomic E-state index is 0.0954. The molecule has 1 N–H and O–H groups in total. The number of piperidine rings is 1. The minimum Gasteiger partial charge on any atom is -0.334 e.